The molecule has 4 heterocycles. The number of pyridine rings is 1. The largest absolute Gasteiger partial charge is 0.293 e. The monoisotopic (exact) mass is 386 g/mol. The van der Waals surface area contributed by atoms with Crippen molar-refractivity contribution in [1.82, 2.24) is 19.9 Å². The van der Waals surface area contributed by atoms with Gasteiger partial charge in [0.15, 0.2) is 5.82 Å². The molecule has 0 saturated carbocycles. The minimum atomic E-state index is 0.771. The van der Waals surface area contributed by atoms with Gasteiger partial charge in [-0.1, -0.05) is 0 Å². The van der Waals surface area contributed by atoms with E-state index in [1.807, 2.05) is 24.5 Å². The maximum absolute atomic E-state index is 4.75. The number of hydrogen-bond acceptors (Lipinski definition) is 5. The van der Waals surface area contributed by atoms with Crippen LogP contribution < -0.4 is 0 Å². The van der Waals surface area contributed by atoms with E-state index in [0.717, 1.165) is 37.4 Å². The molecule has 0 spiro atoms. The van der Waals surface area contributed by atoms with Crippen LogP contribution in [0.4, 0.5) is 0 Å². The normalized spacial score (nSPS) is 14.7. The number of halogens is 1. The fourth-order valence-corrected chi connectivity index (χ4v) is 4.29. The lowest BCUT2D eigenvalue weighted by atomic mass is 10.1. The summed E-state index contributed by atoms with van der Waals surface area (Å²) in [5.41, 5.74) is 3.38. The van der Waals surface area contributed by atoms with Crippen molar-refractivity contribution >= 4 is 27.3 Å². The van der Waals surface area contributed by atoms with Gasteiger partial charge in [-0.3, -0.25) is 9.88 Å². The lowest BCUT2D eigenvalue weighted by Gasteiger charge is -2.27. The summed E-state index contributed by atoms with van der Waals surface area (Å²) in [5.74, 6) is 0.771. The molecular formula is C17H15BrN4S. The second-order valence-corrected chi connectivity index (χ2v) is 7.51. The van der Waals surface area contributed by atoms with E-state index in [4.69, 9.17) is 4.98 Å². The Morgan fingerprint density at radius 3 is 3.04 bits per heavy atom. The van der Waals surface area contributed by atoms with Gasteiger partial charge in [0.2, 0.25) is 0 Å². The zero-order valence-electron chi connectivity index (χ0n) is 12.4. The smallest absolute Gasteiger partial charge is 0.160 e. The molecule has 0 aromatic carbocycles. The van der Waals surface area contributed by atoms with Crippen LogP contribution in [0.2, 0.25) is 0 Å². The van der Waals surface area contributed by atoms with Crippen LogP contribution in [0, 0.1) is 0 Å². The second kappa shape index (κ2) is 6.47. The van der Waals surface area contributed by atoms with Gasteiger partial charge < -0.3 is 0 Å². The van der Waals surface area contributed by atoms with Crippen LogP contribution >= 0.6 is 27.3 Å². The Hall–Kier alpha value is -1.63. The highest BCUT2D eigenvalue weighted by Gasteiger charge is 2.19. The van der Waals surface area contributed by atoms with Crippen molar-refractivity contribution in [2.24, 2.45) is 0 Å². The molecule has 1 aliphatic rings. The number of nitrogens with zero attached hydrogens (tertiary/aromatic N) is 4. The van der Waals surface area contributed by atoms with Gasteiger partial charge in [-0.2, -0.15) is 0 Å². The Balaban J connectivity index is 1.52. The van der Waals surface area contributed by atoms with Gasteiger partial charge >= 0.3 is 0 Å². The van der Waals surface area contributed by atoms with E-state index in [0.29, 0.717) is 0 Å². The molecule has 23 heavy (non-hydrogen) atoms. The first-order valence-electron chi connectivity index (χ1n) is 7.48. The molecule has 116 valence electrons. The zero-order chi connectivity index (χ0) is 15.6. The van der Waals surface area contributed by atoms with E-state index in [1.165, 1.54) is 20.6 Å². The van der Waals surface area contributed by atoms with Crippen LogP contribution in [0.15, 0.2) is 46.6 Å². The molecule has 4 nitrogen and oxygen atoms in total. The third-order valence-corrected chi connectivity index (χ3v) is 5.62. The second-order valence-electron chi connectivity index (χ2n) is 5.60. The molecule has 0 aliphatic carbocycles. The van der Waals surface area contributed by atoms with Gasteiger partial charge in [0.1, 0.15) is 0 Å². The van der Waals surface area contributed by atoms with E-state index in [9.17, 15) is 0 Å². The first-order valence-corrected chi connectivity index (χ1v) is 9.15. The molecule has 4 rings (SSSR count). The molecule has 0 unspecified atom stereocenters. The lowest BCUT2D eigenvalue weighted by Crippen LogP contribution is -2.30. The van der Waals surface area contributed by atoms with Crippen LogP contribution in [0.1, 0.15) is 16.1 Å². The highest BCUT2D eigenvalue weighted by molar-refractivity contribution is 9.10. The summed E-state index contributed by atoms with van der Waals surface area (Å²) in [7, 11) is 0. The molecule has 0 radical (unpaired) electrons. The Kier molecular flexibility index (Phi) is 4.20. The average Bonchev–Trinajstić information content (AvgIpc) is 3.00. The summed E-state index contributed by atoms with van der Waals surface area (Å²) in [6.07, 6.45) is 6.52. The molecule has 0 saturated heterocycles. The van der Waals surface area contributed by atoms with Crippen molar-refractivity contribution in [3.8, 4) is 11.4 Å². The van der Waals surface area contributed by atoms with E-state index in [2.05, 4.69) is 42.2 Å². The number of rotatable bonds is 3. The van der Waals surface area contributed by atoms with Crippen molar-refractivity contribution in [1.29, 1.82) is 0 Å². The van der Waals surface area contributed by atoms with Crippen LogP contribution in [0.5, 0.6) is 0 Å². The molecule has 0 amide bonds. The summed E-state index contributed by atoms with van der Waals surface area (Å²) in [6, 6.07) is 6.11. The van der Waals surface area contributed by atoms with E-state index in [1.54, 1.807) is 17.5 Å². The van der Waals surface area contributed by atoms with Crippen LogP contribution in [-0.2, 0) is 19.5 Å². The number of aromatic nitrogens is 3. The third-order valence-electron chi connectivity index (χ3n) is 3.93. The van der Waals surface area contributed by atoms with Gasteiger partial charge in [-0.15, -0.1) is 11.3 Å². The average molecular weight is 387 g/mol. The Labute approximate surface area is 147 Å². The van der Waals surface area contributed by atoms with Crippen LogP contribution in [-0.4, -0.2) is 26.4 Å². The maximum atomic E-state index is 4.75. The molecule has 0 N–H and O–H groups in total. The molecule has 0 fully saturated rings. The Morgan fingerprint density at radius 1 is 1.30 bits per heavy atom. The van der Waals surface area contributed by atoms with Crippen molar-refractivity contribution in [2.75, 3.05) is 6.54 Å². The van der Waals surface area contributed by atoms with Crippen LogP contribution in [0.25, 0.3) is 11.4 Å². The quantitative estimate of drug-likeness (QED) is 0.683. The molecule has 1 aliphatic heterocycles. The lowest BCUT2D eigenvalue weighted by molar-refractivity contribution is 0.245. The summed E-state index contributed by atoms with van der Waals surface area (Å²) < 4.78 is 1.17. The highest BCUT2D eigenvalue weighted by atomic mass is 79.9. The van der Waals surface area contributed by atoms with E-state index in [-0.39, 0.29) is 0 Å². The summed E-state index contributed by atoms with van der Waals surface area (Å²) >= 11 is 5.32. The maximum Gasteiger partial charge on any atom is 0.160 e. The predicted octanol–water partition coefficient (Wildman–Crippen LogP) is 3.92. The molecule has 3 aromatic rings. The van der Waals surface area contributed by atoms with Crippen molar-refractivity contribution in [3.63, 3.8) is 0 Å². The molecule has 0 bridgehead atoms. The SMILES string of the molecule is Brc1csc(CN2CCc3nc(-c4cccnc4)ncc3C2)c1. The fourth-order valence-electron chi connectivity index (χ4n) is 2.80. The third kappa shape index (κ3) is 3.34. The highest BCUT2D eigenvalue weighted by Crippen LogP contribution is 2.25. The number of hydrogen-bond donors (Lipinski definition) is 0. The van der Waals surface area contributed by atoms with Gasteiger partial charge in [0.05, 0.1) is 5.69 Å². The topological polar surface area (TPSA) is 41.9 Å². The first-order chi connectivity index (χ1) is 11.3. The zero-order valence-corrected chi connectivity index (χ0v) is 14.8. The Bertz CT molecular complexity index is 818. The van der Waals surface area contributed by atoms with Crippen molar-refractivity contribution < 1.29 is 0 Å². The minimum Gasteiger partial charge on any atom is -0.293 e. The standard InChI is InChI=1S/C17H15BrN4S/c18-14-6-15(23-11-14)10-22-5-3-16-13(9-22)8-20-17(21-16)12-2-1-4-19-7-12/h1-2,4,6-8,11H,3,5,9-10H2. The molecular weight excluding hydrogens is 372 g/mol. The first kappa shape index (κ1) is 14.9. The van der Waals surface area contributed by atoms with Crippen LogP contribution in [0.3, 0.4) is 0 Å². The minimum absolute atomic E-state index is 0.771. The number of fused-ring (bicyclic) bond motifs is 1. The fraction of sp³-hybridized carbons (Fsp3) is 0.235. The van der Waals surface area contributed by atoms with Gasteiger partial charge in [-0.25, -0.2) is 9.97 Å². The van der Waals surface area contributed by atoms with Gasteiger partial charge in [-0.05, 0) is 34.1 Å². The Morgan fingerprint density at radius 2 is 2.26 bits per heavy atom. The van der Waals surface area contributed by atoms with Gasteiger partial charge in [0.25, 0.3) is 0 Å². The number of thiophene rings is 1. The molecule has 0 atom stereocenters. The van der Waals surface area contributed by atoms with E-state index >= 15 is 0 Å². The van der Waals surface area contributed by atoms with Crippen molar-refractivity contribution in [2.45, 2.75) is 19.5 Å². The summed E-state index contributed by atoms with van der Waals surface area (Å²) in [5, 5.41) is 2.14. The molecule has 3 aromatic heterocycles. The predicted molar refractivity (Wildman–Crippen MR) is 95.1 cm³/mol. The summed E-state index contributed by atoms with van der Waals surface area (Å²) in [6.45, 7) is 2.93. The van der Waals surface area contributed by atoms with E-state index < -0.39 is 0 Å². The summed E-state index contributed by atoms with van der Waals surface area (Å²) in [4.78, 5) is 17.2. The van der Waals surface area contributed by atoms with Gasteiger partial charge in [0, 0.05) is 70.5 Å². The van der Waals surface area contributed by atoms with Crippen molar-refractivity contribution in [3.05, 3.63) is 62.8 Å². The molecule has 6 heteroatoms.